The smallest absolute Gasteiger partial charge is 0.132 e. The monoisotopic (exact) mass is 261 g/mol. The number of aryl methyl sites for hydroxylation is 1. The molecule has 5 heteroatoms. The molecule has 5 nitrogen and oxygen atoms in total. The van der Waals surface area contributed by atoms with Crippen LogP contribution in [-0.4, -0.2) is 53.6 Å². The van der Waals surface area contributed by atoms with Gasteiger partial charge in [0.15, 0.2) is 0 Å². The van der Waals surface area contributed by atoms with Crippen molar-refractivity contribution >= 4 is 5.82 Å². The molecular formula is C14H23N5. The van der Waals surface area contributed by atoms with Crippen LogP contribution in [0.15, 0.2) is 6.07 Å². The Labute approximate surface area is 114 Å². The maximum Gasteiger partial charge on any atom is 0.132 e. The zero-order valence-electron chi connectivity index (χ0n) is 11.7. The second-order valence-electron chi connectivity index (χ2n) is 5.57. The van der Waals surface area contributed by atoms with E-state index < -0.39 is 0 Å². The molecule has 0 atom stereocenters. The van der Waals surface area contributed by atoms with Crippen molar-refractivity contribution < 1.29 is 0 Å². The summed E-state index contributed by atoms with van der Waals surface area (Å²) >= 11 is 0. The summed E-state index contributed by atoms with van der Waals surface area (Å²) in [4.78, 5) is 14.2. The lowest BCUT2D eigenvalue weighted by atomic mass is 10.1. The molecule has 4 rings (SSSR count). The number of aromatic nitrogens is 2. The Morgan fingerprint density at radius 3 is 2.74 bits per heavy atom. The normalized spacial score (nSPS) is 26.5. The second-order valence-corrected chi connectivity index (χ2v) is 5.57. The van der Waals surface area contributed by atoms with Crippen LogP contribution in [0.25, 0.3) is 0 Å². The highest BCUT2D eigenvalue weighted by Gasteiger charge is 2.29. The Bertz CT molecular complexity index is 439. The first-order chi connectivity index (χ1) is 9.26. The van der Waals surface area contributed by atoms with Gasteiger partial charge in [0.2, 0.25) is 0 Å². The second kappa shape index (κ2) is 5.43. The molecule has 0 aliphatic carbocycles. The standard InChI is InChI=1S/C14H23N5/c1-11-16-12(2-5-15)10-14(17-11)19-9-8-18-6-3-13(19)4-7-18/h10,13H,2-9,15H2,1H3. The van der Waals surface area contributed by atoms with Crippen LogP contribution in [-0.2, 0) is 6.42 Å². The average Bonchev–Trinajstić information content (AvgIpc) is 2.72. The molecule has 0 unspecified atom stereocenters. The van der Waals surface area contributed by atoms with Crippen LogP contribution in [0.3, 0.4) is 0 Å². The third-order valence-corrected chi connectivity index (χ3v) is 4.23. The molecule has 3 aliphatic heterocycles. The molecule has 1 aromatic heterocycles. The lowest BCUT2D eigenvalue weighted by Gasteiger charge is -2.32. The van der Waals surface area contributed by atoms with Crippen molar-refractivity contribution in [3.05, 3.63) is 17.6 Å². The fourth-order valence-corrected chi connectivity index (χ4v) is 3.22. The molecule has 0 amide bonds. The zero-order chi connectivity index (χ0) is 13.2. The van der Waals surface area contributed by atoms with E-state index in [4.69, 9.17) is 5.73 Å². The maximum absolute atomic E-state index is 5.64. The minimum Gasteiger partial charge on any atom is -0.352 e. The quantitative estimate of drug-likeness (QED) is 0.862. The summed E-state index contributed by atoms with van der Waals surface area (Å²) in [5, 5.41) is 0. The largest absolute Gasteiger partial charge is 0.352 e. The highest BCUT2D eigenvalue weighted by molar-refractivity contribution is 5.42. The van der Waals surface area contributed by atoms with Crippen LogP contribution < -0.4 is 10.6 Å². The van der Waals surface area contributed by atoms with Crippen LogP contribution in [0.2, 0.25) is 0 Å². The van der Waals surface area contributed by atoms with Gasteiger partial charge in [0.25, 0.3) is 0 Å². The van der Waals surface area contributed by atoms with Gasteiger partial charge in [-0.15, -0.1) is 0 Å². The molecule has 2 N–H and O–H groups in total. The molecule has 3 saturated heterocycles. The molecule has 2 bridgehead atoms. The molecular weight excluding hydrogens is 238 g/mol. The Hall–Kier alpha value is -1.20. The Balaban J connectivity index is 1.87. The molecule has 0 aromatic carbocycles. The van der Waals surface area contributed by atoms with Gasteiger partial charge < -0.3 is 15.5 Å². The SMILES string of the molecule is Cc1nc(CCN)cc(N2CCN3CCC2CC3)n1. The van der Waals surface area contributed by atoms with Crippen molar-refractivity contribution in [1.82, 2.24) is 14.9 Å². The number of fused-ring (bicyclic) bond motifs is 4. The fraction of sp³-hybridized carbons (Fsp3) is 0.714. The molecule has 1 aromatic rings. The van der Waals surface area contributed by atoms with E-state index in [2.05, 4.69) is 25.8 Å². The number of piperidine rings is 1. The lowest BCUT2D eigenvalue weighted by molar-refractivity contribution is 0.250. The van der Waals surface area contributed by atoms with Crippen molar-refractivity contribution in [2.24, 2.45) is 5.73 Å². The van der Waals surface area contributed by atoms with E-state index in [0.717, 1.165) is 36.8 Å². The molecule has 3 aliphatic rings. The summed E-state index contributed by atoms with van der Waals surface area (Å²) in [5.74, 6) is 1.96. The van der Waals surface area contributed by atoms with Gasteiger partial charge in [0, 0.05) is 50.4 Å². The van der Waals surface area contributed by atoms with Crippen LogP contribution in [0.1, 0.15) is 24.4 Å². The van der Waals surface area contributed by atoms with E-state index in [0.29, 0.717) is 12.6 Å². The van der Waals surface area contributed by atoms with E-state index in [-0.39, 0.29) is 0 Å². The minimum absolute atomic E-state index is 0.646. The average molecular weight is 261 g/mol. The summed E-state index contributed by atoms with van der Waals surface area (Å²) in [6.45, 7) is 7.34. The molecule has 0 spiro atoms. The zero-order valence-corrected chi connectivity index (χ0v) is 11.7. The number of rotatable bonds is 3. The lowest BCUT2D eigenvalue weighted by Crippen LogP contribution is -2.38. The summed E-state index contributed by atoms with van der Waals surface area (Å²) in [5.41, 5.74) is 6.72. The van der Waals surface area contributed by atoms with Gasteiger partial charge in [-0.1, -0.05) is 0 Å². The number of hydrogen-bond donors (Lipinski definition) is 1. The van der Waals surface area contributed by atoms with Crippen LogP contribution in [0.5, 0.6) is 0 Å². The summed E-state index contributed by atoms with van der Waals surface area (Å²) in [7, 11) is 0. The number of hydrogen-bond acceptors (Lipinski definition) is 5. The molecule has 19 heavy (non-hydrogen) atoms. The molecule has 3 fully saturated rings. The van der Waals surface area contributed by atoms with E-state index in [9.17, 15) is 0 Å². The van der Waals surface area contributed by atoms with Crippen molar-refractivity contribution in [2.75, 3.05) is 37.6 Å². The van der Waals surface area contributed by atoms with Crippen molar-refractivity contribution in [2.45, 2.75) is 32.2 Å². The van der Waals surface area contributed by atoms with Crippen LogP contribution in [0.4, 0.5) is 5.82 Å². The molecule has 104 valence electrons. The van der Waals surface area contributed by atoms with E-state index >= 15 is 0 Å². The first-order valence-corrected chi connectivity index (χ1v) is 7.30. The van der Waals surface area contributed by atoms with Crippen LogP contribution >= 0.6 is 0 Å². The number of nitrogens with two attached hydrogens (primary N) is 1. The molecule has 0 radical (unpaired) electrons. The minimum atomic E-state index is 0.646. The van der Waals surface area contributed by atoms with Gasteiger partial charge >= 0.3 is 0 Å². The Morgan fingerprint density at radius 2 is 2.00 bits per heavy atom. The Kier molecular flexibility index (Phi) is 3.66. The highest BCUT2D eigenvalue weighted by Crippen LogP contribution is 2.25. The van der Waals surface area contributed by atoms with Crippen molar-refractivity contribution in [3.8, 4) is 0 Å². The van der Waals surface area contributed by atoms with Gasteiger partial charge in [-0.25, -0.2) is 9.97 Å². The molecule has 4 heterocycles. The van der Waals surface area contributed by atoms with Crippen molar-refractivity contribution in [3.63, 3.8) is 0 Å². The van der Waals surface area contributed by atoms with E-state index in [1.807, 2.05) is 6.92 Å². The summed E-state index contributed by atoms with van der Waals surface area (Å²) in [6.07, 6.45) is 3.35. The van der Waals surface area contributed by atoms with Gasteiger partial charge in [-0.2, -0.15) is 0 Å². The topological polar surface area (TPSA) is 58.3 Å². The summed E-state index contributed by atoms with van der Waals surface area (Å²) < 4.78 is 0. The molecule has 0 saturated carbocycles. The predicted molar refractivity (Wildman–Crippen MR) is 76.3 cm³/mol. The van der Waals surface area contributed by atoms with Gasteiger partial charge in [0.05, 0.1) is 0 Å². The third kappa shape index (κ3) is 2.72. The van der Waals surface area contributed by atoms with Gasteiger partial charge in [0.1, 0.15) is 11.6 Å². The number of nitrogens with zero attached hydrogens (tertiary/aromatic N) is 4. The summed E-state index contributed by atoms with van der Waals surface area (Å²) in [6, 6.07) is 2.78. The predicted octanol–water partition coefficient (Wildman–Crippen LogP) is 0.571. The first kappa shape index (κ1) is 12.8. The van der Waals surface area contributed by atoms with Gasteiger partial charge in [-0.05, 0) is 26.3 Å². The van der Waals surface area contributed by atoms with Crippen molar-refractivity contribution in [1.29, 1.82) is 0 Å². The Morgan fingerprint density at radius 1 is 1.21 bits per heavy atom. The highest BCUT2D eigenvalue weighted by atomic mass is 15.3. The van der Waals surface area contributed by atoms with Gasteiger partial charge in [-0.3, -0.25) is 0 Å². The fourth-order valence-electron chi connectivity index (χ4n) is 3.22. The maximum atomic E-state index is 5.64. The van der Waals surface area contributed by atoms with Crippen LogP contribution in [0, 0.1) is 6.92 Å². The van der Waals surface area contributed by atoms with E-state index in [1.165, 1.54) is 25.9 Å². The van der Waals surface area contributed by atoms with E-state index in [1.54, 1.807) is 0 Å². The number of anilines is 1. The first-order valence-electron chi connectivity index (χ1n) is 7.30. The third-order valence-electron chi connectivity index (χ3n) is 4.23.